The van der Waals surface area contributed by atoms with Crippen LogP contribution in [0.25, 0.3) is 0 Å². The maximum Gasteiger partial charge on any atom is 0.310 e. The third-order valence-electron chi connectivity index (χ3n) is 5.69. The highest BCUT2D eigenvalue weighted by Gasteiger charge is 2.54. The predicted molar refractivity (Wildman–Crippen MR) is 97.3 cm³/mol. The molecule has 144 valence electrons. The van der Waals surface area contributed by atoms with Crippen molar-refractivity contribution in [3.63, 3.8) is 0 Å². The highest BCUT2D eigenvalue weighted by molar-refractivity contribution is 5.87. The van der Waals surface area contributed by atoms with Crippen molar-refractivity contribution in [3.05, 3.63) is 42.0 Å². The zero-order valence-electron chi connectivity index (χ0n) is 15.3. The van der Waals surface area contributed by atoms with Gasteiger partial charge in [-0.15, -0.1) is 0 Å². The van der Waals surface area contributed by atoms with E-state index in [0.29, 0.717) is 13.1 Å². The number of ether oxygens (including phenoxy) is 2. The van der Waals surface area contributed by atoms with E-state index in [-0.39, 0.29) is 5.91 Å². The van der Waals surface area contributed by atoms with Gasteiger partial charge in [0.25, 0.3) is 0 Å². The number of amides is 1. The van der Waals surface area contributed by atoms with E-state index in [2.05, 4.69) is 11.0 Å². The molecule has 0 spiro atoms. The minimum atomic E-state index is -0.957. The highest BCUT2D eigenvalue weighted by Crippen LogP contribution is 2.40. The number of hydrogen-bond donors (Lipinski definition) is 1. The fourth-order valence-corrected chi connectivity index (χ4v) is 4.26. The van der Waals surface area contributed by atoms with Gasteiger partial charge in [0.15, 0.2) is 0 Å². The number of nitrogens with zero attached hydrogens (tertiary/aromatic N) is 2. The first-order valence-electron chi connectivity index (χ1n) is 9.27. The number of carbonyl (C=O) groups excluding carboxylic acids is 1. The van der Waals surface area contributed by atoms with Gasteiger partial charge in [-0.25, -0.2) is 0 Å². The van der Waals surface area contributed by atoms with Crippen LogP contribution < -0.4 is 4.74 Å². The van der Waals surface area contributed by atoms with Gasteiger partial charge in [0.2, 0.25) is 5.91 Å². The summed E-state index contributed by atoms with van der Waals surface area (Å²) < 4.78 is 10.9. The van der Waals surface area contributed by atoms with E-state index in [0.717, 1.165) is 25.4 Å². The van der Waals surface area contributed by atoms with E-state index >= 15 is 0 Å². The minimum absolute atomic E-state index is 0.0970. The smallest absolute Gasteiger partial charge is 0.310 e. The van der Waals surface area contributed by atoms with Crippen molar-refractivity contribution in [1.82, 2.24) is 9.80 Å². The van der Waals surface area contributed by atoms with Crippen molar-refractivity contribution in [2.75, 3.05) is 33.3 Å². The summed E-state index contributed by atoms with van der Waals surface area (Å²) in [7, 11) is 1.66. The van der Waals surface area contributed by atoms with Crippen molar-refractivity contribution >= 4 is 11.9 Å². The normalized spacial score (nSPS) is 29.9. The molecule has 7 heteroatoms. The Morgan fingerprint density at radius 2 is 1.85 bits per heavy atom. The molecule has 2 fully saturated rings. The van der Waals surface area contributed by atoms with Crippen LogP contribution >= 0.6 is 0 Å². The Hall–Kier alpha value is -2.38. The summed E-state index contributed by atoms with van der Waals surface area (Å²) in [5.74, 6) is -1.60. The van der Waals surface area contributed by atoms with Crippen LogP contribution in [-0.2, 0) is 20.9 Å². The molecule has 0 aliphatic carbocycles. The lowest BCUT2D eigenvalue weighted by Gasteiger charge is -2.37. The number of methoxy groups -OCH3 is 1. The van der Waals surface area contributed by atoms with Crippen LogP contribution in [0.1, 0.15) is 5.56 Å². The molecule has 7 nitrogen and oxygen atoms in total. The van der Waals surface area contributed by atoms with Crippen LogP contribution in [0.15, 0.2) is 36.4 Å². The van der Waals surface area contributed by atoms with Crippen LogP contribution in [0, 0.1) is 11.8 Å². The first-order chi connectivity index (χ1) is 13.1. The number of carboxylic acids is 1. The number of benzene rings is 1. The summed E-state index contributed by atoms with van der Waals surface area (Å²) in [6, 6.07) is 7.98. The van der Waals surface area contributed by atoms with Gasteiger partial charge in [-0.2, -0.15) is 0 Å². The molecule has 27 heavy (non-hydrogen) atoms. The Kier molecular flexibility index (Phi) is 4.88. The SMILES string of the molecule is COc1cccc(CN2CCN(C(=O)[C@@H]3[C@@H](C(=O)O)[C@H]4C=C[C@@H]3O4)CC2)c1. The summed E-state index contributed by atoms with van der Waals surface area (Å²) >= 11 is 0. The third kappa shape index (κ3) is 3.44. The molecule has 1 aromatic rings. The predicted octanol–water partition coefficient (Wildman–Crippen LogP) is 0.994. The molecule has 4 rings (SSSR count). The summed E-state index contributed by atoms with van der Waals surface area (Å²) in [6.07, 6.45) is 2.71. The maximum absolute atomic E-state index is 13.0. The molecule has 0 unspecified atom stereocenters. The molecule has 2 bridgehead atoms. The number of carboxylic acid groups (broad SMARTS) is 1. The maximum atomic E-state index is 13.0. The van der Waals surface area contributed by atoms with Gasteiger partial charge in [-0.05, 0) is 17.7 Å². The summed E-state index contributed by atoms with van der Waals surface area (Å²) in [5.41, 5.74) is 1.17. The lowest BCUT2D eigenvalue weighted by atomic mass is 9.82. The Balaban J connectivity index is 1.35. The largest absolute Gasteiger partial charge is 0.497 e. The highest BCUT2D eigenvalue weighted by atomic mass is 16.5. The van der Waals surface area contributed by atoms with Crippen molar-refractivity contribution < 1.29 is 24.2 Å². The second-order valence-electron chi connectivity index (χ2n) is 7.29. The van der Waals surface area contributed by atoms with Gasteiger partial charge in [0.05, 0.1) is 25.2 Å². The second-order valence-corrected chi connectivity index (χ2v) is 7.29. The topological polar surface area (TPSA) is 79.3 Å². The minimum Gasteiger partial charge on any atom is -0.497 e. The summed E-state index contributed by atoms with van der Waals surface area (Å²) in [5, 5.41) is 9.50. The van der Waals surface area contributed by atoms with E-state index in [4.69, 9.17) is 9.47 Å². The number of aliphatic carboxylic acids is 1. The Morgan fingerprint density at radius 3 is 2.52 bits per heavy atom. The van der Waals surface area contributed by atoms with Crippen LogP contribution in [0.3, 0.4) is 0 Å². The van der Waals surface area contributed by atoms with Gasteiger partial charge < -0.3 is 19.5 Å². The number of rotatable bonds is 5. The first kappa shape index (κ1) is 18.0. The molecule has 0 radical (unpaired) electrons. The Labute approximate surface area is 158 Å². The van der Waals surface area contributed by atoms with Crippen LogP contribution in [0.5, 0.6) is 5.75 Å². The molecule has 0 saturated carbocycles. The molecular weight excluding hydrogens is 348 g/mol. The standard InChI is InChI=1S/C20H24N2O5/c1-26-14-4-2-3-13(11-14)12-21-7-9-22(10-8-21)19(23)17-15-5-6-16(27-15)18(17)20(24)25/h2-6,11,15-18H,7-10,12H2,1H3,(H,24,25)/t15-,16+,17-,18-/m0/s1. The first-order valence-corrected chi connectivity index (χ1v) is 9.27. The van der Waals surface area contributed by atoms with Crippen LogP contribution in [0.4, 0.5) is 0 Å². The zero-order valence-corrected chi connectivity index (χ0v) is 15.3. The number of piperazine rings is 1. The number of carbonyl (C=O) groups is 2. The van der Waals surface area contributed by atoms with E-state index in [1.807, 2.05) is 24.3 Å². The summed E-state index contributed by atoms with van der Waals surface area (Å²) in [6.45, 7) is 3.53. The van der Waals surface area contributed by atoms with Crippen LogP contribution in [-0.4, -0.2) is 72.3 Å². The van der Waals surface area contributed by atoms with Gasteiger partial charge in [0, 0.05) is 32.7 Å². The monoisotopic (exact) mass is 372 g/mol. The van der Waals surface area contributed by atoms with Crippen molar-refractivity contribution in [3.8, 4) is 5.75 Å². The van der Waals surface area contributed by atoms with E-state index in [9.17, 15) is 14.7 Å². The molecule has 1 amide bonds. The fourth-order valence-electron chi connectivity index (χ4n) is 4.26. The van der Waals surface area contributed by atoms with Gasteiger partial charge in [0.1, 0.15) is 11.7 Å². The molecular formula is C20H24N2O5. The Bertz CT molecular complexity index is 756. The molecule has 1 N–H and O–H groups in total. The fraction of sp³-hybridized carbons (Fsp3) is 0.500. The lowest BCUT2D eigenvalue weighted by molar-refractivity contribution is -0.150. The molecule has 2 saturated heterocycles. The van der Waals surface area contributed by atoms with Gasteiger partial charge >= 0.3 is 5.97 Å². The lowest BCUT2D eigenvalue weighted by Crippen LogP contribution is -2.52. The second kappa shape index (κ2) is 7.32. The van der Waals surface area contributed by atoms with E-state index < -0.39 is 30.0 Å². The molecule has 1 aromatic carbocycles. The van der Waals surface area contributed by atoms with Gasteiger partial charge in [-0.3, -0.25) is 14.5 Å². The average molecular weight is 372 g/mol. The van der Waals surface area contributed by atoms with Crippen molar-refractivity contribution in [2.45, 2.75) is 18.8 Å². The van der Waals surface area contributed by atoms with E-state index in [1.54, 1.807) is 18.1 Å². The molecule has 3 heterocycles. The summed E-state index contributed by atoms with van der Waals surface area (Å²) in [4.78, 5) is 28.6. The third-order valence-corrected chi connectivity index (χ3v) is 5.69. The van der Waals surface area contributed by atoms with Crippen molar-refractivity contribution in [1.29, 1.82) is 0 Å². The van der Waals surface area contributed by atoms with E-state index in [1.165, 1.54) is 5.56 Å². The number of hydrogen-bond acceptors (Lipinski definition) is 5. The van der Waals surface area contributed by atoms with Crippen LogP contribution in [0.2, 0.25) is 0 Å². The zero-order chi connectivity index (χ0) is 19.0. The molecule has 4 atom stereocenters. The quantitative estimate of drug-likeness (QED) is 0.777. The number of fused-ring (bicyclic) bond motifs is 2. The molecule has 3 aliphatic rings. The van der Waals surface area contributed by atoms with Gasteiger partial charge in [-0.1, -0.05) is 24.3 Å². The van der Waals surface area contributed by atoms with Crippen molar-refractivity contribution in [2.24, 2.45) is 11.8 Å². The average Bonchev–Trinajstić information content (AvgIpc) is 3.29. The Morgan fingerprint density at radius 1 is 1.15 bits per heavy atom. The molecule has 0 aromatic heterocycles. The molecule has 3 aliphatic heterocycles.